The number of rotatable bonds is 8. The highest BCUT2D eigenvalue weighted by atomic mass is 32.2. The number of thioether (sulfide) groups is 1. The summed E-state index contributed by atoms with van der Waals surface area (Å²) in [6, 6.07) is 16.9. The van der Waals surface area contributed by atoms with Gasteiger partial charge in [-0.1, -0.05) is 17.7 Å². The first-order chi connectivity index (χ1) is 15.5. The van der Waals surface area contributed by atoms with E-state index in [-0.39, 0.29) is 27.8 Å². The Hall–Kier alpha value is -3.50. The molecule has 0 aromatic heterocycles. The average Bonchev–Trinajstić information content (AvgIpc) is 2.76. The molecule has 0 aliphatic heterocycles. The van der Waals surface area contributed by atoms with Gasteiger partial charge in [-0.25, -0.2) is 13.2 Å². The van der Waals surface area contributed by atoms with Gasteiger partial charge in [0.25, 0.3) is 10.0 Å². The summed E-state index contributed by atoms with van der Waals surface area (Å²) in [7, 11) is -3.71. The lowest BCUT2D eigenvalue weighted by atomic mass is 10.2. The molecular formula is C23H22N2O6S2. The van der Waals surface area contributed by atoms with Crippen LogP contribution in [0.3, 0.4) is 0 Å². The topological polar surface area (TPSA) is 133 Å². The van der Waals surface area contributed by atoms with E-state index in [1.54, 1.807) is 43.3 Å². The van der Waals surface area contributed by atoms with Crippen LogP contribution in [0.2, 0.25) is 0 Å². The number of amides is 1. The maximum atomic E-state index is 12.5. The Bertz CT molecular complexity index is 1270. The van der Waals surface area contributed by atoms with Gasteiger partial charge in [-0.15, -0.1) is 11.8 Å². The van der Waals surface area contributed by atoms with Gasteiger partial charge in [-0.2, -0.15) is 0 Å². The van der Waals surface area contributed by atoms with Crippen molar-refractivity contribution in [3.63, 3.8) is 0 Å². The molecule has 1 unspecified atom stereocenters. The molecule has 0 spiro atoms. The van der Waals surface area contributed by atoms with Gasteiger partial charge in [0.15, 0.2) is 0 Å². The first-order valence-corrected chi connectivity index (χ1v) is 12.1. The summed E-state index contributed by atoms with van der Waals surface area (Å²) >= 11 is 1.25. The number of carboxylic acid groups (broad SMARTS) is 1. The molecular weight excluding hydrogens is 464 g/mol. The number of hydrogen-bond donors (Lipinski definition) is 4. The van der Waals surface area contributed by atoms with Crippen LogP contribution in [0, 0.1) is 6.92 Å². The smallest absolute Gasteiger partial charge is 0.339 e. The molecule has 0 bridgehead atoms. The van der Waals surface area contributed by atoms with Crippen LogP contribution in [-0.2, 0) is 14.8 Å². The summed E-state index contributed by atoms with van der Waals surface area (Å²) in [6.07, 6.45) is 0. The quantitative estimate of drug-likeness (QED) is 0.275. The molecule has 0 aliphatic rings. The van der Waals surface area contributed by atoms with Crippen molar-refractivity contribution in [3.05, 3.63) is 77.9 Å². The zero-order valence-electron chi connectivity index (χ0n) is 17.8. The fourth-order valence-electron chi connectivity index (χ4n) is 2.82. The van der Waals surface area contributed by atoms with Gasteiger partial charge in [0.2, 0.25) is 5.91 Å². The van der Waals surface area contributed by atoms with Crippen molar-refractivity contribution in [2.75, 3.05) is 10.0 Å². The standard InChI is InChI=1S/C23H22N2O6S2/c1-14-3-10-19(11-4-14)33(30,31)25-16-5-8-18(9-6-16)32-15(2)22(27)24-17-7-12-21(26)20(13-17)23(28)29/h3-13,15,25-26H,1-2H3,(H,24,27)(H,28,29). The minimum atomic E-state index is -3.71. The number of benzene rings is 3. The molecule has 4 N–H and O–H groups in total. The number of carboxylic acids is 1. The second-order valence-electron chi connectivity index (χ2n) is 7.23. The SMILES string of the molecule is Cc1ccc(S(=O)(=O)Nc2ccc(SC(C)C(=O)Nc3ccc(O)c(C(=O)O)c3)cc2)cc1. The van der Waals surface area contributed by atoms with Gasteiger partial charge in [-0.05, 0) is 68.4 Å². The first kappa shape index (κ1) is 24.1. The van der Waals surface area contributed by atoms with Gasteiger partial charge >= 0.3 is 5.97 Å². The van der Waals surface area contributed by atoms with Gasteiger partial charge < -0.3 is 15.5 Å². The van der Waals surface area contributed by atoms with E-state index in [0.29, 0.717) is 5.69 Å². The van der Waals surface area contributed by atoms with Gasteiger partial charge in [-0.3, -0.25) is 9.52 Å². The lowest BCUT2D eigenvalue weighted by Gasteiger charge is -2.13. The Morgan fingerprint density at radius 1 is 0.939 bits per heavy atom. The third kappa shape index (κ3) is 6.27. The molecule has 3 aromatic rings. The number of carbonyl (C=O) groups excluding carboxylic acids is 1. The second-order valence-corrected chi connectivity index (χ2v) is 10.3. The second kappa shape index (κ2) is 9.97. The Morgan fingerprint density at radius 2 is 1.55 bits per heavy atom. The van der Waals surface area contributed by atoms with E-state index < -0.39 is 21.2 Å². The summed E-state index contributed by atoms with van der Waals surface area (Å²) in [5, 5.41) is 20.7. The lowest BCUT2D eigenvalue weighted by molar-refractivity contribution is -0.115. The lowest BCUT2D eigenvalue weighted by Crippen LogP contribution is -2.22. The van der Waals surface area contributed by atoms with Crippen LogP contribution in [0.25, 0.3) is 0 Å². The summed E-state index contributed by atoms with van der Waals surface area (Å²) < 4.78 is 27.5. The van der Waals surface area contributed by atoms with Gasteiger partial charge in [0.05, 0.1) is 10.1 Å². The van der Waals surface area contributed by atoms with Gasteiger partial charge in [0.1, 0.15) is 11.3 Å². The predicted molar refractivity (Wildman–Crippen MR) is 127 cm³/mol. The van der Waals surface area contributed by atoms with Crippen LogP contribution in [-0.4, -0.2) is 35.8 Å². The van der Waals surface area contributed by atoms with Crippen LogP contribution in [0.15, 0.2) is 76.5 Å². The van der Waals surface area contributed by atoms with E-state index in [9.17, 15) is 23.1 Å². The zero-order valence-corrected chi connectivity index (χ0v) is 19.4. The molecule has 172 valence electrons. The Kier molecular flexibility index (Phi) is 7.29. The Morgan fingerprint density at radius 3 is 2.15 bits per heavy atom. The number of anilines is 2. The normalized spacial score (nSPS) is 12.1. The van der Waals surface area contributed by atoms with Crippen molar-refractivity contribution in [3.8, 4) is 5.75 Å². The monoisotopic (exact) mass is 486 g/mol. The minimum Gasteiger partial charge on any atom is -0.507 e. The van der Waals surface area contributed by atoms with Crippen molar-refractivity contribution in [2.24, 2.45) is 0 Å². The van der Waals surface area contributed by atoms with Crippen molar-refractivity contribution >= 4 is 45.0 Å². The highest BCUT2D eigenvalue weighted by Crippen LogP contribution is 2.27. The van der Waals surface area contributed by atoms with Crippen LogP contribution in [0.4, 0.5) is 11.4 Å². The van der Waals surface area contributed by atoms with E-state index in [2.05, 4.69) is 10.0 Å². The molecule has 0 heterocycles. The maximum Gasteiger partial charge on any atom is 0.339 e. The summed E-state index contributed by atoms with van der Waals surface area (Å²) in [5.41, 5.74) is 1.30. The number of phenols is 1. The van der Waals surface area contributed by atoms with Gasteiger partial charge in [0, 0.05) is 16.3 Å². The molecule has 1 atom stereocenters. The fraction of sp³-hybridized carbons (Fsp3) is 0.130. The van der Waals surface area contributed by atoms with Crippen molar-refractivity contribution in [1.82, 2.24) is 0 Å². The molecule has 0 fully saturated rings. The molecule has 3 rings (SSSR count). The third-order valence-electron chi connectivity index (χ3n) is 4.61. The minimum absolute atomic E-state index is 0.164. The maximum absolute atomic E-state index is 12.5. The Balaban J connectivity index is 1.62. The molecule has 3 aromatic carbocycles. The third-order valence-corrected chi connectivity index (χ3v) is 7.12. The van der Waals surface area contributed by atoms with Crippen molar-refractivity contribution < 1.29 is 28.2 Å². The van der Waals surface area contributed by atoms with E-state index in [1.165, 1.54) is 42.1 Å². The first-order valence-electron chi connectivity index (χ1n) is 9.78. The van der Waals surface area contributed by atoms with E-state index in [0.717, 1.165) is 10.5 Å². The number of nitrogens with one attached hydrogen (secondary N) is 2. The van der Waals surface area contributed by atoms with E-state index in [1.807, 2.05) is 6.92 Å². The fourth-order valence-corrected chi connectivity index (χ4v) is 4.75. The number of aromatic carboxylic acids is 1. The van der Waals surface area contributed by atoms with E-state index >= 15 is 0 Å². The van der Waals surface area contributed by atoms with Crippen LogP contribution < -0.4 is 10.0 Å². The largest absolute Gasteiger partial charge is 0.507 e. The number of carbonyl (C=O) groups is 2. The predicted octanol–water partition coefficient (Wildman–Crippen LogP) is 4.32. The van der Waals surface area contributed by atoms with Crippen LogP contribution in [0.1, 0.15) is 22.8 Å². The zero-order chi connectivity index (χ0) is 24.2. The summed E-state index contributed by atoms with van der Waals surface area (Å²) in [6.45, 7) is 3.56. The van der Waals surface area contributed by atoms with Crippen LogP contribution >= 0.6 is 11.8 Å². The van der Waals surface area contributed by atoms with E-state index in [4.69, 9.17) is 5.11 Å². The number of hydrogen-bond acceptors (Lipinski definition) is 6. The Labute approximate surface area is 195 Å². The molecule has 0 saturated heterocycles. The summed E-state index contributed by atoms with van der Waals surface area (Å²) in [5.74, 6) is -2.05. The molecule has 1 amide bonds. The highest BCUT2D eigenvalue weighted by molar-refractivity contribution is 8.00. The molecule has 0 saturated carbocycles. The highest BCUT2D eigenvalue weighted by Gasteiger charge is 2.18. The molecule has 0 radical (unpaired) electrons. The van der Waals surface area contributed by atoms with Crippen LogP contribution in [0.5, 0.6) is 5.75 Å². The van der Waals surface area contributed by atoms with Crippen molar-refractivity contribution in [1.29, 1.82) is 0 Å². The number of aromatic hydroxyl groups is 1. The molecule has 8 nitrogen and oxygen atoms in total. The number of sulfonamides is 1. The molecule has 33 heavy (non-hydrogen) atoms. The average molecular weight is 487 g/mol. The summed E-state index contributed by atoms with van der Waals surface area (Å²) in [4.78, 5) is 24.5. The number of aryl methyl sites for hydroxylation is 1. The molecule has 0 aliphatic carbocycles. The van der Waals surface area contributed by atoms with Crippen molar-refractivity contribution in [2.45, 2.75) is 28.9 Å². The molecule has 10 heteroatoms.